The van der Waals surface area contributed by atoms with Crippen LogP contribution in [0.4, 0.5) is 5.82 Å². The molecule has 0 spiro atoms. The van der Waals surface area contributed by atoms with Gasteiger partial charge < -0.3 is 5.73 Å². The van der Waals surface area contributed by atoms with E-state index in [0.29, 0.717) is 0 Å². The molecule has 2 rings (SSSR count). The van der Waals surface area contributed by atoms with Crippen LogP contribution in [-0.2, 0) is 19.9 Å². The maximum Gasteiger partial charge on any atom is 0.125 e. The molecule has 0 atom stereocenters. The van der Waals surface area contributed by atoms with Gasteiger partial charge in [-0.25, -0.2) is 0 Å². The van der Waals surface area contributed by atoms with E-state index >= 15 is 0 Å². The molecule has 0 amide bonds. The summed E-state index contributed by atoms with van der Waals surface area (Å²) in [5.41, 5.74) is 10.7. The number of rotatable bonds is 3. The third-order valence-electron chi connectivity index (χ3n) is 3.20. The summed E-state index contributed by atoms with van der Waals surface area (Å²) in [5.74, 6) is 0.772. The molecule has 0 bridgehead atoms. The Kier molecular flexibility index (Phi) is 3.18. The molecule has 1 aromatic carbocycles. The average molecular weight is 229 g/mol. The Morgan fingerprint density at radius 3 is 2.53 bits per heavy atom. The Hall–Kier alpha value is -1.77. The number of anilines is 1. The zero-order valence-electron chi connectivity index (χ0n) is 10.7. The van der Waals surface area contributed by atoms with Crippen LogP contribution in [0.25, 0.3) is 11.3 Å². The van der Waals surface area contributed by atoms with Gasteiger partial charge in [-0.2, -0.15) is 5.10 Å². The second-order valence-corrected chi connectivity index (χ2v) is 4.20. The highest BCUT2D eigenvalue weighted by molar-refractivity contribution is 5.71. The summed E-state index contributed by atoms with van der Waals surface area (Å²) >= 11 is 0. The van der Waals surface area contributed by atoms with Crippen LogP contribution < -0.4 is 5.73 Å². The molecule has 0 unspecified atom stereocenters. The minimum atomic E-state index is 0.772. The van der Waals surface area contributed by atoms with E-state index in [-0.39, 0.29) is 0 Å². The standard InChI is InChI=1S/C14H19N3/c1-4-10-8-6-7-9-12(10)13-11(5-2)14(15)17(3)16-13/h6-9H,4-5,15H2,1-3H3. The Labute approximate surface area is 102 Å². The van der Waals surface area contributed by atoms with Crippen molar-refractivity contribution in [3.63, 3.8) is 0 Å². The average Bonchev–Trinajstić information content (AvgIpc) is 2.65. The Morgan fingerprint density at radius 2 is 1.88 bits per heavy atom. The molecule has 0 radical (unpaired) electrons. The van der Waals surface area contributed by atoms with Crippen molar-refractivity contribution >= 4 is 5.82 Å². The first-order valence-electron chi connectivity index (χ1n) is 6.08. The van der Waals surface area contributed by atoms with Crippen molar-refractivity contribution in [3.8, 4) is 11.3 Å². The lowest BCUT2D eigenvalue weighted by Gasteiger charge is -2.06. The summed E-state index contributed by atoms with van der Waals surface area (Å²) in [7, 11) is 1.90. The summed E-state index contributed by atoms with van der Waals surface area (Å²) in [4.78, 5) is 0. The van der Waals surface area contributed by atoms with Crippen LogP contribution in [0.3, 0.4) is 0 Å². The summed E-state index contributed by atoms with van der Waals surface area (Å²) in [6.07, 6.45) is 1.92. The van der Waals surface area contributed by atoms with Crippen molar-refractivity contribution in [1.29, 1.82) is 0 Å². The van der Waals surface area contributed by atoms with Crippen molar-refractivity contribution in [2.75, 3.05) is 5.73 Å². The highest BCUT2D eigenvalue weighted by Crippen LogP contribution is 2.29. The molecule has 17 heavy (non-hydrogen) atoms. The van der Waals surface area contributed by atoms with Gasteiger partial charge in [-0.3, -0.25) is 4.68 Å². The van der Waals surface area contributed by atoms with Gasteiger partial charge in [-0.05, 0) is 18.4 Å². The lowest BCUT2D eigenvalue weighted by atomic mass is 9.99. The zero-order chi connectivity index (χ0) is 12.4. The lowest BCUT2D eigenvalue weighted by Crippen LogP contribution is -1.98. The van der Waals surface area contributed by atoms with Gasteiger partial charge in [0.1, 0.15) is 5.82 Å². The first kappa shape index (κ1) is 11.7. The predicted molar refractivity (Wildman–Crippen MR) is 71.8 cm³/mol. The molecular weight excluding hydrogens is 210 g/mol. The van der Waals surface area contributed by atoms with Crippen molar-refractivity contribution in [3.05, 3.63) is 35.4 Å². The van der Waals surface area contributed by atoms with Gasteiger partial charge in [0, 0.05) is 18.2 Å². The second-order valence-electron chi connectivity index (χ2n) is 4.20. The van der Waals surface area contributed by atoms with Gasteiger partial charge in [0.15, 0.2) is 0 Å². The second kappa shape index (κ2) is 4.62. The van der Waals surface area contributed by atoms with E-state index in [1.54, 1.807) is 4.68 Å². The van der Waals surface area contributed by atoms with E-state index in [4.69, 9.17) is 5.73 Å². The Morgan fingerprint density at radius 1 is 1.18 bits per heavy atom. The maximum atomic E-state index is 6.04. The molecule has 2 N–H and O–H groups in total. The van der Waals surface area contributed by atoms with Crippen molar-refractivity contribution in [1.82, 2.24) is 9.78 Å². The number of aromatic nitrogens is 2. The molecular formula is C14H19N3. The minimum Gasteiger partial charge on any atom is -0.384 e. The molecule has 1 aromatic heterocycles. The number of aryl methyl sites for hydroxylation is 2. The van der Waals surface area contributed by atoms with E-state index in [9.17, 15) is 0 Å². The van der Waals surface area contributed by atoms with Crippen LogP contribution in [0.2, 0.25) is 0 Å². The van der Waals surface area contributed by atoms with Crippen molar-refractivity contribution < 1.29 is 0 Å². The monoisotopic (exact) mass is 229 g/mol. The topological polar surface area (TPSA) is 43.8 Å². The third-order valence-corrected chi connectivity index (χ3v) is 3.20. The summed E-state index contributed by atoms with van der Waals surface area (Å²) in [6.45, 7) is 4.28. The highest BCUT2D eigenvalue weighted by Gasteiger charge is 2.15. The quantitative estimate of drug-likeness (QED) is 0.879. The highest BCUT2D eigenvalue weighted by atomic mass is 15.3. The maximum absolute atomic E-state index is 6.04. The van der Waals surface area contributed by atoms with Gasteiger partial charge in [0.05, 0.1) is 5.69 Å². The number of nitrogen functional groups attached to an aromatic ring is 1. The number of nitrogens with two attached hydrogens (primary N) is 1. The number of nitrogens with zero attached hydrogens (tertiary/aromatic N) is 2. The van der Waals surface area contributed by atoms with E-state index < -0.39 is 0 Å². The zero-order valence-corrected chi connectivity index (χ0v) is 10.7. The van der Waals surface area contributed by atoms with Gasteiger partial charge >= 0.3 is 0 Å². The normalized spacial score (nSPS) is 10.8. The minimum absolute atomic E-state index is 0.772. The molecule has 0 saturated heterocycles. The fourth-order valence-corrected chi connectivity index (χ4v) is 2.21. The Balaban J connectivity index is 2.64. The van der Waals surface area contributed by atoms with Crippen molar-refractivity contribution in [2.24, 2.45) is 7.05 Å². The fraction of sp³-hybridized carbons (Fsp3) is 0.357. The van der Waals surface area contributed by atoms with E-state index in [1.807, 2.05) is 7.05 Å². The fourth-order valence-electron chi connectivity index (χ4n) is 2.21. The molecule has 3 nitrogen and oxygen atoms in total. The van der Waals surface area contributed by atoms with Crippen LogP contribution in [0, 0.1) is 0 Å². The molecule has 0 aliphatic heterocycles. The van der Waals surface area contributed by atoms with Crippen LogP contribution in [0.5, 0.6) is 0 Å². The summed E-state index contributed by atoms with van der Waals surface area (Å²) in [5, 5.41) is 4.55. The lowest BCUT2D eigenvalue weighted by molar-refractivity contribution is 0.781. The first-order chi connectivity index (χ1) is 8.19. The van der Waals surface area contributed by atoms with Crippen molar-refractivity contribution in [2.45, 2.75) is 26.7 Å². The van der Waals surface area contributed by atoms with Gasteiger partial charge in [0.25, 0.3) is 0 Å². The SMILES string of the molecule is CCc1ccccc1-c1nn(C)c(N)c1CC. The van der Waals surface area contributed by atoms with Gasteiger partial charge in [0.2, 0.25) is 0 Å². The van der Waals surface area contributed by atoms with E-state index in [0.717, 1.165) is 29.9 Å². The largest absolute Gasteiger partial charge is 0.384 e. The van der Waals surface area contributed by atoms with Crippen LogP contribution in [0.15, 0.2) is 24.3 Å². The molecule has 2 aromatic rings. The Bertz CT molecular complexity index is 526. The number of benzene rings is 1. The molecule has 3 heteroatoms. The van der Waals surface area contributed by atoms with E-state index in [1.165, 1.54) is 11.1 Å². The smallest absolute Gasteiger partial charge is 0.125 e. The predicted octanol–water partition coefficient (Wildman–Crippen LogP) is 2.79. The molecule has 1 heterocycles. The number of hydrogen-bond donors (Lipinski definition) is 1. The molecule has 0 saturated carbocycles. The first-order valence-corrected chi connectivity index (χ1v) is 6.08. The third kappa shape index (κ3) is 1.93. The summed E-state index contributed by atoms with van der Waals surface area (Å²) in [6, 6.07) is 8.40. The van der Waals surface area contributed by atoms with Gasteiger partial charge in [-0.15, -0.1) is 0 Å². The molecule has 0 aliphatic rings. The molecule has 0 fully saturated rings. The van der Waals surface area contributed by atoms with Crippen LogP contribution in [0.1, 0.15) is 25.0 Å². The van der Waals surface area contributed by atoms with Gasteiger partial charge in [-0.1, -0.05) is 38.1 Å². The molecule has 0 aliphatic carbocycles. The number of hydrogen-bond acceptors (Lipinski definition) is 2. The summed E-state index contributed by atoms with van der Waals surface area (Å²) < 4.78 is 1.76. The molecule has 90 valence electrons. The van der Waals surface area contributed by atoms with Crippen LogP contribution in [-0.4, -0.2) is 9.78 Å². The van der Waals surface area contributed by atoms with E-state index in [2.05, 4.69) is 43.2 Å². The van der Waals surface area contributed by atoms with Crippen LogP contribution >= 0.6 is 0 Å².